The minimum Gasteiger partial charge on any atom is -0.339 e. The molecule has 2 heterocycles. The molecule has 4 rings (SSSR count). The van der Waals surface area contributed by atoms with Crippen LogP contribution >= 0.6 is 11.6 Å². The summed E-state index contributed by atoms with van der Waals surface area (Å²) in [5.41, 5.74) is 0.974. The van der Waals surface area contributed by atoms with Crippen LogP contribution in [0.3, 0.4) is 0 Å². The predicted octanol–water partition coefficient (Wildman–Crippen LogP) is 1.99. The molecule has 110 valence electrons. The molecule has 1 aromatic carbocycles. The van der Waals surface area contributed by atoms with Gasteiger partial charge in [-0.3, -0.25) is 9.59 Å². The molecule has 4 unspecified atom stereocenters. The number of amides is 2. The van der Waals surface area contributed by atoms with Gasteiger partial charge in [0.05, 0.1) is 0 Å². The van der Waals surface area contributed by atoms with Crippen LogP contribution in [0.25, 0.3) is 0 Å². The Bertz CT molecular complexity index is 640. The number of halogens is 1. The lowest BCUT2D eigenvalue weighted by Crippen LogP contribution is -2.59. The largest absolute Gasteiger partial charge is 0.339 e. The van der Waals surface area contributed by atoms with E-state index < -0.39 is 6.04 Å². The summed E-state index contributed by atoms with van der Waals surface area (Å²) in [5, 5.41) is 3.52. The van der Waals surface area contributed by atoms with Gasteiger partial charge in [-0.1, -0.05) is 37.6 Å². The van der Waals surface area contributed by atoms with Crippen molar-refractivity contribution in [1.82, 2.24) is 10.2 Å². The number of fused-ring (bicyclic) bond motifs is 3. The molecule has 1 aliphatic carbocycles. The van der Waals surface area contributed by atoms with Crippen LogP contribution in [0.2, 0.25) is 5.02 Å². The van der Waals surface area contributed by atoms with Crippen molar-refractivity contribution >= 4 is 23.4 Å². The molecule has 4 atom stereocenters. The van der Waals surface area contributed by atoms with Crippen LogP contribution in [0.1, 0.15) is 25.5 Å². The molecule has 1 N–H and O–H groups in total. The minimum atomic E-state index is -0.577. The van der Waals surface area contributed by atoms with Gasteiger partial charge in [-0.15, -0.1) is 0 Å². The fourth-order valence-electron chi connectivity index (χ4n) is 4.15. The molecular formula is C16H17ClN2O2. The van der Waals surface area contributed by atoms with Gasteiger partial charge < -0.3 is 10.2 Å². The Balaban J connectivity index is 1.63. The average molecular weight is 305 g/mol. The number of hydrogen-bond donors (Lipinski definition) is 1. The highest BCUT2D eigenvalue weighted by molar-refractivity contribution is 6.30. The monoisotopic (exact) mass is 304 g/mol. The second-order valence-corrected chi connectivity index (χ2v) is 7.32. The van der Waals surface area contributed by atoms with E-state index in [1.807, 2.05) is 0 Å². The van der Waals surface area contributed by atoms with Crippen LogP contribution in [-0.2, 0) is 9.59 Å². The highest BCUT2D eigenvalue weighted by Crippen LogP contribution is 2.65. The van der Waals surface area contributed by atoms with Crippen LogP contribution < -0.4 is 5.32 Å². The summed E-state index contributed by atoms with van der Waals surface area (Å²) in [6, 6.07) is 6.23. The number of nitrogens with one attached hydrogen (secondary N) is 1. The Labute approximate surface area is 128 Å². The molecule has 5 heteroatoms. The Kier molecular flexibility index (Phi) is 2.51. The maximum absolute atomic E-state index is 12.7. The van der Waals surface area contributed by atoms with Gasteiger partial charge in [-0.25, -0.2) is 0 Å². The Morgan fingerprint density at radius 1 is 1.24 bits per heavy atom. The molecule has 2 amide bonds. The zero-order valence-corrected chi connectivity index (χ0v) is 12.7. The summed E-state index contributed by atoms with van der Waals surface area (Å²) in [5.74, 6) is 0.756. The fraction of sp³-hybridized carbons (Fsp3) is 0.500. The standard InChI is InChI=1S/C16H17ClN2O2/c1-16(2)10-7-19-13(11(10)16)14(20)18-12(15(19)21)8-3-5-9(17)6-4-8/h3-6,10-13H,7H2,1-2H3,(H,18,20). The lowest BCUT2D eigenvalue weighted by Gasteiger charge is -2.38. The van der Waals surface area contributed by atoms with E-state index in [2.05, 4.69) is 19.2 Å². The maximum Gasteiger partial charge on any atom is 0.250 e. The zero-order chi connectivity index (χ0) is 14.9. The predicted molar refractivity (Wildman–Crippen MR) is 78.6 cm³/mol. The lowest BCUT2D eigenvalue weighted by molar-refractivity contribution is -0.149. The topological polar surface area (TPSA) is 49.4 Å². The first-order chi connectivity index (χ1) is 9.91. The fourth-order valence-corrected chi connectivity index (χ4v) is 4.28. The molecule has 2 aliphatic heterocycles. The van der Waals surface area contributed by atoms with Crippen molar-refractivity contribution in [3.05, 3.63) is 34.9 Å². The Morgan fingerprint density at radius 3 is 2.57 bits per heavy atom. The zero-order valence-electron chi connectivity index (χ0n) is 12.0. The van der Waals surface area contributed by atoms with E-state index in [4.69, 9.17) is 11.6 Å². The van der Waals surface area contributed by atoms with Crippen LogP contribution in [0.5, 0.6) is 0 Å². The Morgan fingerprint density at radius 2 is 1.90 bits per heavy atom. The van der Waals surface area contributed by atoms with Gasteiger partial charge in [0.15, 0.2) is 0 Å². The van der Waals surface area contributed by atoms with E-state index in [-0.39, 0.29) is 23.3 Å². The van der Waals surface area contributed by atoms with Gasteiger partial charge in [0, 0.05) is 11.6 Å². The molecule has 0 bridgehead atoms. The molecule has 0 spiro atoms. The first-order valence-corrected chi connectivity index (χ1v) is 7.65. The highest BCUT2D eigenvalue weighted by atomic mass is 35.5. The molecule has 2 saturated heterocycles. The van der Waals surface area contributed by atoms with E-state index in [1.54, 1.807) is 29.2 Å². The highest BCUT2D eigenvalue weighted by Gasteiger charge is 2.70. The molecular weight excluding hydrogens is 288 g/mol. The van der Waals surface area contributed by atoms with Crippen LogP contribution in [0.4, 0.5) is 0 Å². The van der Waals surface area contributed by atoms with E-state index in [1.165, 1.54) is 0 Å². The molecule has 0 aromatic heterocycles. The number of carbonyl (C=O) groups excluding carboxylic acids is 2. The quantitative estimate of drug-likeness (QED) is 0.862. The molecule has 1 aromatic rings. The van der Waals surface area contributed by atoms with Crippen molar-refractivity contribution in [2.24, 2.45) is 17.3 Å². The smallest absolute Gasteiger partial charge is 0.250 e. The maximum atomic E-state index is 12.7. The second kappa shape index (κ2) is 4.01. The van der Waals surface area contributed by atoms with Crippen molar-refractivity contribution in [3.8, 4) is 0 Å². The van der Waals surface area contributed by atoms with Crippen molar-refractivity contribution in [2.75, 3.05) is 6.54 Å². The molecule has 21 heavy (non-hydrogen) atoms. The van der Waals surface area contributed by atoms with Crippen molar-refractivity contribution in [2.45, 2.75) is 25.9 Å². The molecule has 1 saturated carbocycles. The third-order valence-corrected chi connectivity index (χ3v) is 5.75. The number of hydrogen-bond acceptors (Lipinski definition) is 2. The third kappa shape index (κ3) is 1.68. The van der Waals surface area contributed by atoms with Gasteiger partial charge in [0.1, 0.15) is 12.1 Å². The summed E-state index contributed by atoms with van der Waals surface area (Å²) in [4.78, 5) is 26.9. The molecule has 0 radical (unpaired) electrons. The van der Waals surface area contributed by atoms with Crippen LogP contribution in [0.15, 0.2) is 24.3 Å². The lowest BCUT2D eigenvalue weighted by atomic mass is 9.95. The Hall–Kier alpha value is -1.55. The van der Waals surface area contributed by atoms with E-state index in [9.17, 15) is 9.59 Å². The molecule has 3 aliphatic rings. The first-order valence-electron chi connectivity index (χ1n) is 7.27. The normalized spacial score (nSPS) is 36.0. The van der Waals surface area contributed by atoms with E-state index in [0.717, 1.165) is 5.56 Å². The van der Waals surface area contributed by atoms with Gasteiger partial charge >= 0.3 is 0 Å². The summed E-state index contributed by atoms with van der Waals surface area (Å²) in [6.07, 6.45) is 0. The van der Waals surface area contributed by atoms with Crippen molar-refractivity contribution < 1.29 is 9.59 Å². The van der Waals surface area contributed by atoms with E-state index >= 15 is 0 Å². The summed E-state index contributed by atoms with van der Waals surface area (Å²) >= 11 is 5.88. The summed E-state index contributed by atoms with van der Waals surface area (Å²) < 4.78 is 0. The van der Waals surface area contributed by atoms with Crippen molar-refractivity contribution in [1.29, 1.82) is 0 Å². The van der Waals surface area contributed by atoms with E-state index in [0.29, 0.717) is 23.4 Å². The number of benzene rings is 1. The van der Waals surface area contributed by atoms with Gasteiger partial charge in [0.25, 0.3) is 5.91 Å². The summed E-state index contributed by atoms with van der Waals surface area (Å²) in [6.45, 7) is 5.07. The molecule has 4 nitrogen and oxygen atoms in total. The number of nitrogens with zero attached hydrogens (tertiary/aromatic N) is 1. The van der Waals surface area contributed by atoms with Gasteiger partial charge in [-0.05, 0) is 34.9 Å². The number of piperidine rings is 1. The number of piperazine rings is 1. The molecule has 3 fully saturated rings. The second-order valence-electron chi connectivity index (χ2n) is 6.88. The number of rotatable bonds is 1. The van der Waals surface area contributed by atoms with Gasteiger partial charge in [0.2, 0.25) is 5.91 Å². The van der Waals surface area contributed by atoms with Crippen molar-refractivity contribution in [3.63, 3.8) is 0 Å². The van der Waals surface area contributed by atoms with Gasteiger partial charge in [-0.2, -0.15) is 0 Å². The van der Waals surface area contributed by atoms with Crippen LogP contribution in [0, 0.1) is 17.3 Å². The summed E-state index contributed by atoms with van der Waals surface area (Å²) in [7, 11) is 0. The SMILES string of the molecule is CC1(C)C2CN3C(=O)C(c4ccc(Cl)cc4)NC(=O)C3C21. The average Bonchev–Trinajstić information content (AvgIpc) is 2.83. The first kappa shape index (κ1) is 13.1. The number of carbonyl (C=O) groups is 2. The third-order valence-electron chi connectivity index (χ3n) is 5.50. The van der Waals surface area contributed by atoms with Crippen LogP contribution in [-0.4, -0.2) is 29.3 Å². The minimum absolute atomic E-state index is 0.00456.